The van der Waals surface area contributed by atoms with Crippen molar-refractivity contribution in [2.75, 3.05) is 11.9 Å². The molecule has 18 heavy (non-hydrogen) atoms. The molecule has 2 aliphatic carbocycles. The molecule has 0 bridgehead atoms. The second-order valence-corrected chi connectivity index (χ2v) is 6.13. The van der Waals surface area contributed by atoms with E-state index in [1.165, 1.54) is 24.4 Å². The highest BCUT2D eigenvalue weighted by Gasteiger charge is 2.41. The number of carboxylic acids is 1. The van der Waals surface area contributed by atoms with E-state index < -0.39 is 11.4 Å². The van der Waals surface area contributed by atoms with E-state index in [0.29, 0.717) is 12.5 Å². The normalized spacial score (nSPS) is 22.0. The summed E-state index contributed by atoms with van der Waals surface area (Å²) in [4.78, 5) is 15.8. The Bertz CT molecular complexity index is 450. The van der Waals surface area contributed by atoms with Gasteiger partial charge in [-0.15, -0.1) is 0 Å². The molecule has 0 radical (unpaired) electrons. The highest BCUT2D eigenvalue weighted by Crippen LogP contribution is 2.40. The van der Waals surface area contributed by atoms with Gasteiger partial charge in [-0.2, -0.15) is 4.37 Å². The third-order valence-electron chi connectivity index (χ3n) is 3.98. The number of hydrogen-bond donors (Lipinski definition) is 2. The zero-order chi connectivity index (χ0) is 12.6. The van der Waals surface area contributed by atoms with Gasteiger partial charge in [-0.25, -0.2) is 4.98 Å². The maximum atomic E-state index is 11.4. The highest BCUT2D eigenvalue weighted by atomic mass is 32.1. The van der Waals surface area contributed by atoms with Crippen LogP contribution in [0.15, 0.2) is 0 Å². The molecule has 0 saturated heterocycles. The van der Waals surface area contributed by atoms with Crippen molar-refractivity contribution in [3.05, 3.63) is 5.82 Å². The van der Waals surface area contributed by atoms with Crippen LogP contribution in [0.4, 0.5) is 5.13 Å². The Balaban J connectivity index is 1.63. The van der Waals surface area contributed by atoms with Gasteiger partial charge >= 0.3 is 5.97 Å². The van der Waals surface area contributed by atoms with Gasteiger partial charge in [0.25, 0.3) is 0 Å². The summed E-state index contributed by atoms with van der Waals surface area (Å²) in [5.41, 5.74) is -0.592. The fraction of sp³-hybridized carbons (Fsp3) is 0.750. The first-order valence-corrected chi connectivity index (χ1v) is 7.28. The number of aliphatic carboxylic acids is 1. The third-order valence-corrected chi connectivity index (χ3v) is 4.66. The number of anilines is 1. The molecule has 2 fully saturated rings. The Hall–Kier alpha value is -1.17. The van der Waals surface area contributed by atoms with Gasteiger partial charge in [0, 0.05) is 24.0 Å². The summed E-state index contributed by atoms with van der Waals surface area (Å²) in [7, 11) is 0. The van der Waals surface area contributed by atoms with Crippen LogP contribution in [0.1, 0.15) is 50.3 Å². The number of aromatic nitrogens is 2. The molecule has 1 aromatic rings. The van der Waals surface area contributed by atoms with Crippen LogP contribution in [0.2, 0.25) is 0 Å². The van der Waals surface area contributed by atoms with Gasteiger partial charge in [0.05, 0.1) is 5.41 Å². The lowest BCUT2D eigenvalue weighted by Gasteiger charge is -2.23. The van der Waals surface area contributed by atoms with Crippen LogP contribution in [0, 0.1) is 5.41 Å². The van der Waals surface area contributed by atoms with Crippen molar-refractivity contribution < 1.29 is 9.90 Å². The van der Waals surface area contributed by atoms with E-state index in [9.17, 15) is 9.90 Å². The molecule has 1 heterocycles. The zero-order valence-electron chi connectivity index (χ0n) is 10.2. The van der Waals surface area contributed by atoms with Gasteiger partial charge in [0.1, 0.15) is 5.82 Å². The molecule has 0 spiro atoms. The molecule has 2 saturated carbocycles. The van der Waals surface area contributed by atoms with Gasteiger partial charge in [0.15, 0.2) is 0 Å². The van der Waals surface area contributed by atoms with Crippen LogP contribution in [0.25, 0.3) is 0 Å². The van der Waals surface area contributed by atoms with Gasteiger partial charge in [0.2, 0.25) is 5.13 Å². The fourth-order valence-corrected chi connectivity index (χ4v) is 3.22. The van der Waals surface area contributed by atoms with Crippen molar-refractivity contribution in [2.45, 2.75) is 44.4 Å². The predicted octanol–water partition coefficient (Wildman–Crippen LogP) is 2.47. The van der Waals surface area contributed by atoms with Crippen molar-refractivity contribution in [2.24, 2.45) is 5.41 Å². The average molecular weight is 267 g/mol. The molecule has 3 rings (SSSR count). The Morgan fingerprint density at radius 3 is 2.78 bits per heavy atom. The minimum atomic E-state index is -0.681. The predicted molar refractivity (Wildman–Crippen MR) is 68.9 cm³/mol. The van der Waals surface area contributed by atoms with Gasteiger partial charge in [-0.05, 0) is 25.7 Å². The maximum absolute atomic E-state index is 11.4. The van der Waals surface area contributed by atoms with Crippen molar-refractivity contribution in [1.29, 1.82) is 0 Å². The molecule has 1 aromatic heterocycles. The lowest BCUT2D eigenvalue weighted by atomic mass is 9.86. The van der Waals surface area contributed by atoms with E-state index in [-0.39, 0.29) is 0 Å². The molecular formula is C12H17N3O2S. The number of carboxylic acid groups (broad SMARTS) is 1. The summed E-state index contributed by atoms with van der Waals surface area (Å²) < 4.78 is 4.31. The first kappa shape index (κ1) is 11.9. The smallest absolute Gasteiger partial charge is 0.311 e. The lowest BCUT2D eigenvalue weighted by molar-refractivity contribution is -0.147. The van der Waals surface area contributed by atoms with Crippen molar-refractivity contribution in [1.82, 2.24) is 9.36 Å². The van der Waals surface area contributed by atoms with Crippen LogP contribution in [0.3, 0.4) is 0 Å². The lowest BCUT2D eigenvalue weighted by Crippen LogP contribution is -2.35. The first-order chi connectivity index (χ1) is 8.70. The number of rotatable bonds is 5. The van der Waals surface area contributed by atoms with Crippen molar-refractivity contribution in [3.8, 4) is 0 Å². The largest absolute Gasteiger partial charge is 0.481 e. The summed E-state index contributed by atoms with van der Waals surface area (Å²) in [6.45, 7) is 0.474. The van der Waals surface area contributed by atoms with Crippen LogP contribution < -0.4 is 5.32 Å². The molecule has 5 nitrogen and oxygen atoms in total. The van der Waals surface area contributed by atoms with E-state index >= 15 is 0 Å². The van der Waals surface area contributed by atoms with Gasteiger partial charge in [-0.3, -0.25) is 4.79 Å². The second kappa shape index (κ2) is 4.50. The standard InChI is InChI=1S/C12H17N3O2S/c16-10(17)12(5-1-2-6-12)7-13-11-14-9(15-18-11)8-3-4-8/h8H,1-7H2,(H,16,17)(H,13,14,15). The Morgan fingerprint density at radius 2 is 2.17 bits per heavy atom. The summed E-state index contributed by atoms with van der Waals surface area (Å²) in [6.07, 6.45) is 5.94. The second-order valence-electron chi connectivity index (χ2n) is 5.38. The first-order valence-electron chi connectivity index (χ1n) is 6.50. The van der Waals surface area contributed by atoms with Crippen LogP contribution in [0.5, 0.6) is 0 Å². The molecule has 0 aliphatic heterocycles. The Kier molecular flexibility index (Phi) is 2.97. The monoisotopic (exact) mass is 267 g/mol. The molecule has 0 atom stereocenters. The molecular weight excluding hydrogens is 250 g/mol. The SMILES string of the molecule is O=C(O)C1(CNc2nc(C3CC3)ns2)CCCC1. The molecule has 2 aliphatic rings. The van der Waals surface area contributed by atoms with E-state index in [4.69, 9.17) is 0 Å². The van der Waals surface area contributed by atoms with Crippen molar-refractivity contribution >= 4 is 22.6 Å². The third kappa shape index (κ3) is 2.21. The number of hydrogen-bond acceptors (Lipinski definition) is 5. The van der Waals surface area contributed by atoms with E-state index in [1.54, 1.807) is 0 Å². The average Bonchev–Trinajstić information content (AvgIpc) is 2.93. The minimum Gasteiger partial charge on any atom is -0.481 e. The van der Waals surface area contributed by atoms with Gasteiger partial charge < -0.3 is 10.4 Å². The Morgan fingerprint density at radius 1 is 1.44 bits per heavy atom. The summed E-state index contributed by atoms with van der Waals surface area (Å²) in [5, 5.41) is 13.3. The zero-order valence-corrected chi connectivity index (χ0v) is 11.0. The maximum Gasteiger partial charge on any atom is 0.311 e. The van der Waals surface area contributed by atoms with E-state index in [1.807, 2.05) is 0 Å². The molecule has 98 valence electrons. The highest BCUT2D eigenvalue weighted by molar-refractivity contribution is 7.09. The quantitative estimate of drug-likeness (QED) is 0.857. The summed E-state index contributed by atoms with van der Waals surface area (Å²) in [5.74, 6) is 0.800. The topological polar surface area (TPSA) is 75.1 Å². The van der Waals surface area contributed by atoms with Crippen LogP contribution >= 0.6 is 11.5 Å². The number of nitrogens with one attached hydrogen (secondary N) is 1. The molecule has 2 N–H and O–H groups in total. The summed E-state index contributed by atoms with van der Waals surface area (Å²) in [6, 6.07) is 0. The minimum absolute atomic E-state index is 0.474. The Labute approximate surface area is 110 Å². The molecule has 0 aromatic carbocycles. The van der Waals surface area contributed by atoms with Crippen LogP contribution in [-0.4, -0.2) is 27.0 Å². The molecule has 0 unspecified atom stereocenters. The summed E-state index contributed by atoms with van der Waals surface area (Å²) >= 11 is 1.35. The number of nitrogens with zero attached hydrogens (tertiary/aromatic N) is 2. The fourth-order valence-electron chi connectivity index (χ4n) is 2.58. The van der Waals surface area contributed by atoms with Crippen molar-refractivity contribution in [3.63, 3.8) is 0 Å². The van der Waals surface area contributed by atoms with Gasteiger partial charge in [-0.1, -0.05) is 12.8 Å². The number of carbonyl (C=O) groups is 1. The van der Waals surface area contributed by atoms with E-state index in [2.05, 4.69) is 14.7 Å². The molecule has 0 amide bonds. The molecule has 6 heteroatoms. The van der Waals surface area contributed by atoms with Crippen LogP contribution in [-0.2, 0) is 4.79 Å². The van der Waals surface area contributed by atoms with E-state index in [0.717, 1.165) is 36.6 Å².